The highest BCUT2D eigenvalue weighted by Gasteiger charge is 2.71. The zero-order valence-electron chi connectivity index (χ0n) is 14.2. The lowest BCUT2D eigenvalue weighted by Gasteiger charge is -2.59. The van der Waals surface area contributed by atoms with Crippen molar-refractivity contribution in [3.63, 3.8) is 0 Å². The second-order valence-electron chi connectivity index (χ2n) is 7.99. The molecule has 0 spiro atoms. The highest BCUT2D eigenvalue weighted by atomic mass is 16.6. The molecule has 1 aliphatic heterocycles. The molecule has 2 N–H and O–H groups in total. The Balaban J connectivity index is 1.73. The second kappa shape index (κ2) is 5.34. The number of carbonyl (C=O) groups is 2. The molecule has 2 bridgehead atoms. The fourth-order valence-corrected chi connectivity index (χ4v) is 4.58. The van der Waals surface area contributed by atoms with Crippen molar-refractivity contribution in [3.8, 4) is 0 Å². The molecule has 1 saturated heterocycles. The van der Waals surface area contributed by atoms with Crippen LogP contribution in [-0.4, -0.2) is 65.6 Å². The molecule has 0 radical (unpaired) electrons. The Bertz CT molecular complexity index is 517. The van der Waals surface area contributed by atoms with E-state index in [9.17, 15) is 14.7 Å². The SMILES string of the molecule is COCC(=O)N1C[C@@H]2C[C@@H]3C1[C@@H](O)C3(NC(=O)OC(C)(C)C)C2. The summed E-state index contributed by atoms with van der Waals surface area (Å²) < 4.78 is 10.3. The summed E-state index contributed by atoms with van der Waals surface area (Å²) in [6, 6.07) is -0.230. The molecule has 2 amide bonds. The minimum atomic E-state index is -0.756. The van der Waals surface area contributed by atoms with Gasteiger partial charge in [-0.25, -0.2) is 4.79 Å². The van der Waals surface area contributed by atoms with Crippen LogP contribution in [0, 0.1) is 11.8 Å². The Hall–Kier alpha value is -1.34. The monoisotopic (exact) mass is 326 g/mol. The predicted octanol–water partition coefficient (Wildman–Crippen LogP) is 0.508. The first kappa shape index (κ1) is 16.5. The van der Waals surface area contributed by atoms with E-state index in [1.165, 1.54) is 7.11 Å². The summed E-state index contributed by atoms with van der Waals surface area (Å²) in [4.78, 5) is 26.1. The van der Waals surface area contributed by atoms with Crippen molar-refractivity contribution in [2.45, 2.75) is 56.9 Å². The number of ether oxygens (including phenoxy) is 2. The van der Waals surface area contributed by atoms with Crippen molar-refractivity contribution < 1.29 is 24.2 Å². The van der Waals surface area contributed by atoms with Gasteiger partial charge in [0.15, 0.2) is 0 Å². The Morgan fingerprint density at radius 3 is 2.70 bits per heavy atom. The lowest BCUT2D eigenvalue weighted by atomic mass is 9.61. The maximum absolute atomic E-state index is 12.2. The van der Waals surface area contributed by atoms with E-state index in [-0.39, 0.29) is 24.5 Å². The number of carbonyl (C=O) groups excluding carboxylic acids is 2. The van der Waals surface area contributed by atoms with Gasteiger partial charge in [-0.05, 0) is 39.5 Å². The number of hydrogen-bond acceptors (Lipinski definition) is 5. The Labute approximate surface area is 136 Å². The van der Waals surface area contributed by atoms with E-state index in [2.05, 4.69) is 5.32 Å². The summed E-state index contributed by atoms with van der Waals surface area (Å²) in [6.07, 6.45) is 0.352. The maximum Gasteiger partial charge on any atom is 0.408 e. The number of methoxy groups -OCH3 is 1. The van der Waals surface area contributed by atoms with Crippen LogP contribution >= 0.6 is 0 Å². The van der Waals surface area contributed by atoms with Crippen LogP contribution in [-0.2, 0) is 14.3 Å². The molecule has 2 saturated carbocycles. The van der Waals surface area contributed by atoms with Crippen molar-refractivity contribution in [2.75, 3.05) is 20.3 Å². The normalized spacial score (nSPS) is 38.0. The number of aliphatic hydroxyl groups is 1. The van der Waals surface area contributed by atoms with Crippen LogP contribution in [0.25, 0.3) is 0 Å². The Morgan fingerprint density at radius 1 is 1.39 bits per heavy atom. The molecule has 7 heteroatoms. The molecule has 5 atom stereocenters. The molecule has 2 aliphatic carbocycles. The molecule has 2 unspecified atom stereocenters. The molecule has 3 aliphatic rings. The highest BCUT2D eigenvalue weighted by molar-refractivity contribution is 5.79. The maximum atomic E-state index is 12.2. The summed E-state index contributed by atoms with van der Waals surface area (Å²) in [6.45, 7) is 6.07. The first-order chi connectivity index (χ1) is 10.7. The van der Waals surface area contributed by atoms with Gasteiger partial charge in [0.05, 0.1) is 17.7 Å². The summed E-state index contributed by atoms with van der Waals surface area (Å²) in [5.74, 6) is 0.285. The van der Waals surface area contributed by atoms with Crippen molar-refractivity contribution in [1.82, 2.24) is 10.2 Å². The summed E-state index contributed by atoms with van der Waals surface area (Å²) in [7, 11) is 1.49. The summed E-state index contributed by atoms with van der Waals surface area (Å²) in [5, 5.41) is 13.6. The summed E-state index contributed by atoms with van der Waals surface area (Å²) >= 11 is 0. The largest absolute Gasteiger partial charge is 0.444 e. The van der Waals surface area contributed by atoms with E-state index in [1.54, 1.807) is 4.90 Å². The number of alkyl carbamates (subject to hydrolysis) is 1. The molecule has 0 aromatic heterocycles. The zero-order chi connectivity index (χ0) is 17.0. The number of piperidine rings is 1. The van der Waals surface area contributed by atoms with E-state index in [0.717, 1.165) is 6.42 Å². The van der Waals surface area contributed by atoms with Crippen molar-refractivity contribution in [3.05, 3.63) is 0 Å². The first-order valence-electron chi connectivity index (χ1n) is 8.15. The van der Waals surface area contributed by atoms with Gasteiger partial charge in [0.1, 0.15) is 12.2 Å². The number of aliphatic hydroxyl groups excluding tert-OH is 1. The van der Waals surface area contributed by atoms with Crippen molar-refractivity contribution >= 4 is 12.0 Å². The number of likely N-dealkylation sites (tertiary alicyclic amines) is 1. The van der Waals surface area contributed by atoms with E-state index < -0.39 is 23.3 Å². The number of amides is 2. The summed E-state index contributed by atoms with van der Waals surface area (Å²) in [5.41, 5.74) is -1.23. The standard InChI is InChI=1S/C16H26N2O5/c1-15(2,3)23-14(21)17-16-6-9-5-10(16)12(13(16)20)18(7-9)11(19)8-22-4/h9-10,12-13,20H,5-8H2,1-4H3,(H,17,21)/t9-,10-,12?,13-,16?/m1/s1. The van der Waals surface area contributed by atoms with Crippen LogP contribution < -0.4 is 5.32 Å². The third-order valence-corrected chi connectivity index (χ3v) is 5.28. The van der Waals surface area contributed by atoms with Gasteiger partial charge in [-0.15, -0.1) is 0 Å². The molecule has 7 nitrogen and oxygen atoms in total. The van der Waals surface area contributed by atoms with Crippen LogP contribution in [0.5, 0.6) is 0 Å². The second-order valence-corrected chi connectivity index (χ2v) is 7.99. The van der Waals surface area contributed by atoms with Gasteiger partial charge in [0.2, 0.25) is 5.91 Å². The van der Waals surface area contributed by atoms with Gasteiger partial charge >= 0.3 is 6.09 Å². The van der Waals surface area contributed by atoms with E-state index in [1.807, 2.05) is 20.8 Å². The van der Waals surface area contributed by atoms with Crippen LogP contribution in [0.1, 0.15) is 33.6 Å². The van der Waals surface area contributed by atoms with Gasteiger partial charge in [0, 0.05) is 19.6 Å². The first-order valence-corrected chi connectivity index (χ1v) is 8.15. The van der Waals surface area contributed by atoms with Gasteiger partial charge in [-0.1, -0.05) is 0 Å². The number of fused-ring (bicyclic) bond motifs is 1. The van der Waals surface area contributed by atoms with Crippen molar-refractivity contribution in [2.24, 2.45) is 11.8 Å². The molecule has 0 aromatic carbocycles. The lowest BCUT2D eigenvalue weighted by molar-refractivity contribution is -0.168. The van der Waals surface area contributed by atoms with Gasteiger partial charge < -0.3 is 24.8 Å². The minimum Gasteiger partial charge on any atom is -0.444 e. The number of rotatable bonds is 3. The van der Waals surface area contributed by atoms with Gasteiger partial charge in [-0.3, -0.25) is 4.79 Å². The molecule has 130 valence electrons. The fourth-order valence-electron chi connectivity index (χ4n) is 4.58. The zero-order valence-corrected chi connectivity index (χ0v) is 14.2. The number of nitrogens with one attached hydrogen (secondary N) is 1. The van der Waals surface area contributed by atoms with Crippen LogP contribution in [0.2, 0.25) is 0 Å². The molecular formula is C16H26N2O5. The van der Waals surface area contributed by atoms with Gasteiger partial charge in [0.25, 0.3) is 0 Å². The van der Waals surface area contributed by atoms with E-state index in [0.29, 0.717) is 18.9 Å². The third kappa shape index (κ3) is 2.59. The Morgan fingerprint density at radius 2 is 2.09 bits per heavy atom. The molecule has 3 rings (SSSR count). The number of hydrogen-bond donors (Lipinski definition) is 2. The predicted molar refractivity (Wildman–Crippen MR) is 81.7 cm³/mol. The molecule has 23 heavy (non-hydrogen) atoms. The fraction of sp³-hybridized carbons (Fsp3) is 0.875. The third-order valence-electron chi connectivity index (χ3n) is 5.28. The van der Waals surface area contributed by atoms with Crippen LogP contribution in [0.15, 0.2) is 0 Å². The number of nitrogens with zero attached hydrogens (tertiary/aromatic N) is 1. The van der Waals surface area contributed by atoms with Crippen molar-refractivity contribution in [1.29, 1.82) is 0 Å². The van der Waals surface area contributed by atoms with E-state index >= 15 is 0 Å². The molecule has 3 fully saturated rings. The highest BCUT2D eigenvalue weighted by Crippen LogP contribution is 2.58. The van der Waals surface area contributed by atoms with Crippen LogP contribution in [0.3, 0.4) is 0 Å². The lowest BCUT2D eigenvalue weighted by Crippen LogP contribution is -2.78. The smallest absolute Gasteiger partial charge is 0.408 e. The minimum absolute atomic E-state index is 0.0230. The molecule has 0 aromatic rings. The average molecular weight is 326 g/mol. The Kier molecular flexibility index (Phi) is 3.84. The van der Waals surface area contributed by atoms with Crippen LogP contribution in [0.4, 0.5) is 4.79 Å². The quantitative estimate of drug-likeness (QED) is 0.789. The average Bonchev–Trinajstić information content (AvgIpc) is 2.57. The molecule has 1 heterocycles. The molecular weight excluding hydrogens is 300 g/mol. The van der Waals surface area contributed by atoms with E-state index in [4.69, 9.17) is 9.47 Å². The van der Waals surface area contributed by atoms with Gasteiger partial charge in [-0.2, -0.15) is 0 Å². The topological polar surface area (TPSA) is 88.1 Å².